The summed E-state index contributed by atoms with van der Waals surface area (Å²) < 4.78 is 18.9. The van der Waals surface area contributed by atoms with Gasteiger partial charge in [-0.1, -0.05) is 13.0 Å². The highest BCUT2D eigenvalue weighted by molar-refractivity contribution is 9.10. The first-order valence-corrected chi connectivity index (χ1v) is 7.06. The Hall–Kier alpha value is -1.43. The molecule has 0 bridgehead atoms. The molecule has 1 aliphatic rings. The molecule has 2 unspecified atom stereocenters. The molecule has 6 heteroatoms. The van der Waals surface area contributed by atoms with Crippen LogP contribution in [0.15, 0.2) is 22.7 Å². The summed E-state index contributed by atoms with van der Waals surface area (Å²) in [6.45, 7) is 2.55. The van der Waals surface area contributed by atoms with Gasteiger partial charge < -0.3 is 9.64 Å². The maximum atomic E-state index is 13.8. The van der Waals surface area contributed by atoms with Crippen LogP contribution in [0.3, 0.4) is 0 Å². The Labute approximate surface area is 125 Å². The van der Waals surface area contributed by atoms with E-state index in [4.69, 9.17) is 4.74 Å². The Bertz CT molecular complexity index is 529. The number of halogens is 2. The smallest absolute Gasteiger partial charge is 0.310 e. The van der Waals surface area contributed by atoms with Crippen molar-refractivity contribution in [3.8, 4) is 0 Å². The summed E-state index contributed by atoms with van der Waals surface area (Å²) in [5.41, 5.74) is 0.00483. The van der Waals surface area contributed by atoms with Gasteiger partial charge in [0.2, 0.25) is 0 Å². The third-order valence-corrected chi connectivity index (χ3v) is 4.24. The minimum atomic E-state index is -0.571. The highest BCUT2D eigenvalue weighted by Gasteiger charge is 2.38. The molecule has 1 fully saturated rings. The summed E-state index contributed by atoms with van der Waals surface area (Å²) in [7, 11) is 1.33. The molecule has 1 heterocycles. The van der Waals surface area contributed by atoms with E-state index in [2.05, 4.69) is 15.9 Å². The second kappa shape index (κ2) is 5.91. The standard InChI is InChI=1S/C14H15BrFNO3/c1-8-6-17(7-9(8)14(19)20-2)13(18)12-10(15)4-3-5-11(12)16/h3-5,8-9H,6-7H2,1-2H3. The molecule has 1 aliphatic heterocycles. The van der Waals surface area contributed by atoms with Crippen molar-refractivity contribution >= 4 is 27.8 Å². The van der Waals surface area contributed by atoms with E-state index in [1.165, 1.54) is 24.1 Å². The summed E-state index contributed by atoms with van der Waals surface area (Å²) in [5.74, 6) is -1.67. The third kappa shape index (κ3) is 2.70. The zero-order valence-electron chi connectivity index (χ0n) is 11.2. The minimum Gasteiger partial charge on any atom is -0.469 e. The fraction of sp³-hybridized carbons (Fsp3) is 0.429. The Morgan fingerprint density at radius 3 is 2.70 bits per heavy atom. The van der Waals surface area contributed by atoms with Crippen molar-refractivity contribution in [2.75, 3.05) is 20.2 Å². The SMILES string of the molecule is COC(=O)C1CN(C(=O)c2c(F)cccc2Br)CC1C. The zero-order valence-corrected chi connectivity index (χ0v) is 12.8. The van der Waals surface area contributed by atoms with Crippen molar-refractivity contribution in [1.29, 1.82) is 0 Å². The van der Waals surface area contributed by atoms with E-state index in [0.717, 1.165) is 0 Å². The number of likely N-dealkylation sites (tertiary alicyclic amines) is 1. The summed E-state index contributed by atoms with van der Waals surface area (Å²) in [5, 5.41) is 0. The summed E-state index contributed by atoms with van der Waals surface area (Å²) >= 11 is 3.19. The fourth-order valence-corrected chi connectivity index (χ4v) is 2.96. The normalized spacial score (nSPS) is 21.9. The molecule has 0 saturated carbocycles. The molecule has 0 aromatic heterocycles. The Balaban J connectivity index is 2.22. The average Bonchev–Trinajstić information content (AvgIpc) is 2.79. The van der Waals surface area contributed by atoms with Gasteiger partial charge in [0, 0.05) is 17.6 Å². The third-order valence-electron chi connectivity index (χ3n) is 3.58. The van der Waals surface area contributed by atoms with E-state index >= 15 is 0 Å². The zero-order chi connectivity index (χ0) is 14.9. The van der Waals surface area contributed by atoms with Gasteiger partial charge in [-0.2, -0.15) is 0 Å². The van der Waals surface area contributed by atoms with Gasteiger partial charge in [0.05, 0.1) is 18.6 Å². The molecule has 0 radical (unpaired) electrons. The quantitative estimate of drug-likeness (QED) is 0.775. The molecule has 0 spiro atoms. The monoisotopic (exact) mass is 343 g/mol. The van der Waals surface area contributed by atoms with Crippen LogP contribution in [0.2, 0.25) is 0 Å². The van der Waals surface area contributed by atoms with Crippen LogP contribution in [0, 0.1) is 17.7 Å². The Morgan fingerprint density at radius 1 is 1.40 bits per heavy atom. The van der Waals surface area contributed by atoms with Crippen LogP contribution >= 0.6 is 15.9 Å². The molecule has 0 aliphatic carbocycles. The number of rotatable bonds is 2. The number of nitrogens with zero attached hydrogens (tertiary/aromatic N) is 1. The first-order chi connectivity index (χ1) is 9.45. The molecule has 0 N–H and O–H groups in total. The molecule has 1 aromatic rings. The number of carbonyl (C=O) groups is 2. The van der Waals surface area contributed by atoms with E-state index < -0.39 is 11.7 Å². The molecular formula is C14H15BrFNO3. The van der Waals surface area contributed by atoms with E-state index in [0.29, 0.717) is 11.0 Å². The van der Waals surface area contributed by atoms with Gasteiger partial charge in [0.1, 0.15) is 5.82 Å². The lowest BCUT2D eigenvalue weighted by Crippen LogP contribution is -2.31. The molecule has 1 saturated heterocycles. The van der Waals surface area contributed by atoms with Gasteiger partial charge >= 0.3 is 5.97 Å². The fourth-order valence-electron chi connectivity index (χ4n) is 2.45. The van der Waals surface area contributed by atoms with E-state index in [9.17, 15) is 14.0 Å². The molecule has 1 aromatic carbocycles. The van der Waals surface area contributed by atoms with Crippen molar-refractivity contribution in [3.63, 3.8) is 0 Å². The van der Waals surface area contributed by atoms with Gasteiger partial charge in [0.25, 0.3) is 5.91 Å². The van der Waals surface area contributed by atoms with Crippen LogP contribution in [0.5, 0.6) is 0 Å². The summed E-state index contributed by atoms with van der Waals surface area (Å²) in [4.78, 5) is 25.5. The van der Waals surface area contributed by atoms with Crippen LogP contribution in [-0.4, -0.2) is 37.0 Å². The first kappa shape index (κ1) is 15.0. The van der Waals surface area contributed by atoms with Crippen molar-refractivity contribution in [2.24, 2.45) is 11.8 Å². The summed E-state index contributed by atoms with van der Waals surface area (Å²) in [6, 6.07) is 4.39. The van der Waals surface area contributed by atoms with E-state index in [1.54, 1.807) is 6.07 Å². The largest absolute Gasteiger partial charge is 0.469 e. The molecule has 2 rings (SSSR count). The molecule has 1 amide bonds. The highest BCUT2D eigenvalue weighted by Crippen LogP contribution is 2.28. The van der Waals surface area contributed by atoms with Gasteiger partial charge in [-0.25, -0.2) is 4.39 Å². The number of carbonyl (C=O) groups excluding carboxylic acids is 2. The lowest BCUT2D eigenvalue weighted by Gasteiger charge is -2.17. The second-order valence-electron chi connectivity index (χ2n) is 4.91. The van der Waals surface area contributed by atoms with Crippen LogP contribution in [0.1, 0.15) is 17.3 Å². The number of hydrogen-bond donors (Lipinski definition) is 0. The maximum Gasteiger partial charge on any atom is 0.310 e. The number of ether oxygens (including phenoxy) is 1. The maximum absolute atomic E-state index is 13.8. The molecule has 20 heavy (non-hydrogen) atoms. The molecule has 2 atom stereocenters. The number of amides is 1. The first-order valence-electron chi connectivity index (χ1n) is 6.26. The lowest BCUT2D eigenvalue weighted by molar-refractivity contribution is -0.146. The topological polar surface area (TPSA) is 46.6 Å². The van der Waals surface area contributed by atoms with Crippen LogP contribution in [0.25, 0.3) is 0 Å². The van der Waals surface area contributed by atoms with Gasteiger partial charge in [-0.15, -0.1) is 0 Å². The van der Waals surface area contributed by atoms with E-state index in [-0.39, 0.29) is 29.9 Å². The highest BCUT2D eigenvalue weighted by atomic mass is 79.9. The van der Waals surface area contributed by atoms with Crippen molar-refractivity contribution in [2.45, 2.75) is 6.92 Å². The Morgan fingerprint density at radius 2 is 2.10 bits per heavy atom. The van der Waals surface area contributed by atoms with Gasteiger partial charge in [0.15, 0.2) is 0 Å². The number of hydrogen-bond acceptors (Lipinski definition) is 3. The van der Waals surface area contributed by atoms with Crippen LogP contribution < -0.4 is 0 Å². The minimum absolute atomic E-state index is 0.00283. The van der Waals surface area contributed by atoms with Crippen molar-refractivity contribution in [3.05, 3.63) is 34.1 Å². The van der Waals surface area contributed by atoms with Gasteiger partial charge in [-0.3, -0.25) is 9.59 Å². The average molecular weight is 344 g/mol. The predicted molar refractivity (Wildman–Crippen MR) is 74.7 cm³/mol. The van der Waals surface area contributed by atoms with E-state index in [1.807, 2.05) is 6.92 Å². The lowest BCUT2D eigenvalue weighted by atomic mass is 9.99. The number of esters is 1. The van der Waals surface area contributed by atoms with Gasteiger partial charge in [-0.05, 0) is 34.0 Å². The number of methoxy groups -OCH3 is 1. The van der Waals surface area contributed by atoms with Crippen molar-refractivity contribution < 1.29 is 18.7 Å². The molecule has 4 nitrogen and oxygen atoms in total. The van der Waals surface area contributed by atoms with Crippen molar-refractivity contribution in [1.82, 2.24) is 4.90 Å². The van der Waals surface area contributed by atoms with Crippen LogP contribution in [0.4, 0.5) is 4.39 Å². The number of benzene rings is 1. The Kier molecular flexibility index (Phi) is 4.42. The predicted octanol–water partition coefficient (Wildman–Crippen LogP) is 2.47. The molecular weight excluding hydrogens is 329 g/mol. The molecule has 108 valence electrons. The van der Waals surface area contributed by atoms with Crippen LogP contribution in [-0.2, 0) is 9.53 Å². The summed E-state index contributed by atoms with van der Waals surface area (Å²) in [6.07, 6.45) is 0. The second-order valence-corrected chi connectivity index (χ2v) is 5.77.